The van der Waals surface area contributed by atoms with E-state index in [1.807, 2.05) is 28.7 Å². The Bertz CT molecular complexity index is 521. The molecular formula is C11H8INO3. The zero-order valence-corrected chi connectivity index (χ0v) is 10.6. The summed E-state index contributed by atoms with van der Waals surface area (Å²) in [5.74, 6) is 0.270. The summed E-state index contributed by atoms with van der Waals surface area (Å²) in [6.45, 7) is 0. The number of hydrogen-bond acceptors (Lipinski definition) is 4. The van der Waals surface area contributed by atoms with Crippen LogP contribution in [-0.2, 0) is 4.74 Å². The number of esters is 1. The molecule has 1 heterocycles. The molecule has 0 unspecified atom stereocenters. The van der Waals surface area contributed by atoms with Crippen LogP contribution in [0, 0.1) is 3.90 Å². The highest BCUT2D eigenvalue weighted by Gasteiger charge is 2.09. The van der Waals surface area contributed by atoms with Gasteiger partial charge in [-0.3, -0.25) is 0 Å². The Morgan fingerprint density at radius 1 is 1.50 bits per heavy atom. The minimum Gasteiger partial charge on any atom is -0.465 e. The molecule has 0 saturated carbocycles. The quantitative estimate of drug-likeness (QED) is 0.628. The summed E-state index contributed by atoms with van der Waals surface area (Å²) in [5, 5.41) is 0. The number of halogens is 1. The van der Waals surface area contributed by atoms with Gasteiger partial charge < -0.3 is 9.15 Å². The van der Waals surface area contributed by atoms with Crippen molar-refractivity contribution < 1.29 is 13.9 Å². The Balaban J connectivity index is 2.39. The van der Waals surface area contributed by atoms with E-state index in [1.54, 1.807) is 24.4 Å². The highest BCUT2D eigenvalue weighted by atomic mass is 127. The van der Waals surface area contributed by atoms with E-state index in [-0.39, 0.29) is 5.97 Å². The van der Waals surface area contributed by atoms with E-state index in [4.69, 9.17) is 4.42 Å². The average molecular weight is 329 g/mol. The van der Waals surface area contributed by atoms with Crippen LogP contribution in [0.1, 0.15) is 10.4 Å². The average Bonchev–Trinajstić information content (AvgIpc) is 2.75. The van der Waals surface area contributed by atoms with E-state index < -0.39 is 0 Å². The zero-order chi connectivity index (χ0) is 11.5. The lowest BCUT2D eigenvalue weighted by Gasteiger charge is -2.00. The maximum Gasteiger partial charge on any atom is 0.337 e. The lowest BCUT2D eigenvalue weighted by atomic mass is 10.1. The molecule has 0 aliphatic rings. The van der Waals surface area contributed by atoms with Gasteiger partial charge in [0.25, 0.3) is 3.90 Å². The van der Waals surface area contributed by atoms with Gasteiger partial charge in [0.2, 0.25) is 0 Å². The highest BCUT2D eigenvalue weighted by molar-refractivity contribution is 14.1. The smallest absolute Gasteiger partial charge is 0.337 e. The van der Waals surface area contributed by atoms with Gasteiger partial charge in [-0.25, -0.2) is 9.78 Å². The fourth-order valence-corrected chi connectivity index (χ4v) is 1.68. The first-order valence-electron chi connectivity index (χ1n) is 4.51. The van der Waals surface area contributed by atoms with Crippen LogP contribution in [0.15, 0.2) is 34.9 Å². The first-order chi connectivity index (χ1) is 7.70. The molecule has 1 aromatic carbocycles. The monoisotopic (exact) mass is 329 g/mol. The lowest BCUT2D eigenvalue weighted by Crippen LogP contribution is -2.00. The third kappa shape index (κ3) is 2.24. The number of carbonyl (C=O) groups excluding carboxylic acids is 1. The normalized spacial score (nSPS) is 10.1. The van der Waals surface area contributed by atoms with E-state index in [0.29, 0.717) is 15.2 Å². The molecular weight excluding hydrogens is 321 g/mol. The molecule has 0 spiro atoms. The van der Waals surface area contributed by atoms with Gasteiger partial charge in [0.15, 0.2) is 5.76 Å². The minimum absolute atomic E-state index is 0.365. The summed E-state index contributed by atoms with van der Waals surface area (Å²) < 4.78 is 10.6. The fraction of sp³-hybridized carbons (Fsp3) is 0.0909. The number of ether oxygens (including phenoxy) is 1. The molecule has 0 bridgehead atoms. The molecule has 0 fully saturated rings. The van der Waals surface area contributed by atoms with Crippen molar-refractivity contribution in [1.29, 1.82) is 0 Å². The van der Waals surface area contributed by atoms with Crippen molar-refractivity contribution in [2.75, 3.05) is 7.11 Å². The number of aromatic nitrogens is 1. The molecule has 0 radical (unpaired) electrons. The van der Waals surface area contributed by atoms with Crippen LogP contribution >= 0.6 is 22.6 Å². The Morgan fingerprint density at radius 3 is 2.94 bits per heavy atom. The zero-order valence-electron chi connectivity index (χ0n) is 8.44. The number of nitrogens with zero attached hydrogens (tertiary/aromatic N) is 1. The number of methoxy groups -OCH3 is 1. The predicted molar refractivity (Wildman–Crippen MR) is 66.0 cm³/mol. The Hall–Kier alpha value is -1.37. The first kappa shape index (κ1) is 11.1. The second kappa shape index (κ2) is 4.65. The summed E-state index contributed by atoms with van der Waals surface area (Å²) in [6, 6.07) is 7.03. The van der Waals surface area contributed by atoms with Crippen molar-refractivity contribution in [3.63, 3.8) is 0 Å². The van der Waals surface area contributed by atoms with Gasteiger partial charge in [-0.15, -0.1) is 0 Å². The van der Waals surface area contributed by atoms with Gasteiger partial charge in [-0.05, 0) is 12.1 Å². The lowest BCUT2D eigenvalue weighted by molar-refractivity contribution is 0.0601. The van der Waals surface area contributed by atoms with Crippen LogP contribution in [0.2, 0.25) is 0 Å². The van der Waals surface area contributed by atoms with Crippen molar-refractivity contribution in [3.8, 4) is 11.3 Å². The van der Waals surface area contributed by atoms with Gasteiger partial charge in [0.1, 0.15) is 0 Å². The SMILES string of the molecule is COC(=O)c1cccc(-c2cnc(I)o2)c1. The van der Waals surface area contributed by atoms with Crippen LogP contribution in [0.4, 0.5) is 0 Å². The molecule has 82 valence electrons. The number of benzene rings is 1. The summed E-state index contributed by atoms with van der Waals surface area (Å²) >= 11 is 1.99. The molecule has 0 aliphatic carbocycles. The third-order valence-electron chi connectivity index (χ3n) is 2.05. The van der Waals surface area contributed by atoms with Gasteiger partial charge >= 0.3 is 5.97 Å². The maximum atomic E-state index is 11.3. The molecule has 2 aromatic rings. The summed E-state index contributed by atoms with van der Waals surface area (Å²) in [7, 11) is 1.35. The van der Waals surface area contributed by atoms with E-state index in [2.05, 4.69) is 9.72 Å². The van der Waals surface area contributed by atoms with E-state index in [1.165, 1.54) is 7.11 Å². The maximum absolute atomic E-state index is 11.3. The Kier molecular flexibility index (Phi) is 3.23. The molecule has 16 heavy (non-hydrogen) atoms. The van der Waals surface area contributed by atoms with E-state index >= 15 is 0 Å². The molecule has 5 heteroatoms. The van der Waals surface area contributed by atoms with Crippen LogP contribution in [0.25, 0.3) is 11.3 Å². The second-order valence-corrected chi connectivity index (χ2v) is 3.97. The molecule has 0 atom stereocenters. The van der Waals surface area contributed by atoms with Crippen molar-refractivity contribution in [2.24, 2.45) is 0 Å². The van der Waals surface area contributed by atoms with Gasteiger partial charge in [-0.2, -0.15) is 0 Å². The number of rotatable bonds is 2. The molecule has 0 N–H and O–H groups in total. The second-order valence-electron chi connectivity index (χ2n) is 3.05. The predicted octanol–water partition coefficient (Wildman–Crippen LogP) is 2.73. The molecule has 1 aromatic heterocycles. The Morgan fingerprint density at radius 2 is 2.31 bits per heavy atom. The fourth-order valence-electron chi connectivity index (χ4n) is 1.30. The van der Waals surface area contributed by atoms with Gasteiger partial charge in [-0.1, -0.05) is 12.1 Å². The molecule has 0 amide bonds. The van der Waals surface area contributed by atoms with Crippen molar-refractivity contribution in [3.05, 3.63) is 39.9 Å². The number of carbonyl (C=O) groups is 1. The molecule has 0 aliphatic heterocycles. The van der Waals surface area contributed by atoms with E-state index in [0.717, 1.165) is 5.56 Å². The minimum atomic E-state index is -0.365. The summed E-state index contributed by atoms with van der Waals surface area (Å²) in [5.41, 5.74) is 1.30. The first-order valence-corrected chi connectivity index (χ1v) is 5.58. The number of oxazole rings is 1. The molecule has 0 saturated heterocycles. The van der Waals surface area contributed by atoms with Crippen molar-refractivity contribution in [1.82, 2.24) is 4.98 Å². The van der Waals surface area contributed by atoms with Crippen LogP contribution < -0.4 is 0 Å². The van der Waals surface area contributed by atoms with Crippen molar-refractivity contribution >= 4 is 28.6 Å². The van der Waals surface area contributed by atoms with Crippen LogP contribution in [0.5, 0.6) is 0 Å². The largest absolute Gasteiger partial charge is 0.465 e. The number of hydrogen-bond donors (Lipinski definition) is 0. The summed E-state index contributed by atoms with van der Waals surface area (Å²) in [6.07, 6.45) is 1.62. The molecule has 4 nitrogen and oxygen atoms in total. The van der Waals surface area contributed by atoms with E-state index in [9.17, 15) is 4.79 Å². The molecule has 2 rings (SSSR count). The van der Waals surface area contributed by atoms with Crippen LogP contribution in [0.3, 0.4) is 0 Å². The Labute approximate surface area is 106 Å². The summed E-state index contributed by atoms with van der Waals surface area (Å²) in [4.78, 5) is 15.3. The standard InChI is InChI=1S/C11H8INO3/c1-15-10(14)8-4-2-3-7(5-8)9-6-13-11(12)16-9/h2-6H,1H3. The topological polar surface area (TPSA) is 52.3 Å². The van der Waals surface area contributed by atoms with Gasteiger partial charge in [0.05, 0.1) is 18.9 Å². The third-order valence-corrected chi connectivity index (χ3v) is 2.54. The van der Waals surface area contributed by atoms with Gasteiger partial charge in [0, 0.05) is 28.2 Å². The van der Waals surface area contributed by atoms with Crippen molar-refractivity contribution in [2.45, 2.75) is 0 Å². The highest BCUT2D eigenvalue weighted by Crippen LogP contribution is 2.22. The van der Waals surface area contributed by atoms with Crippen LogP contribution in [-0.4, -0.2) is 18.1 Å².